The van der Waals surface area contributed by atoms with Crippen molar-refractivity contribution in [1.82, 2.24) is 15.3 Å². The van der Waals surface area contributed by atoms with Gasteiger partial charge in [-0.25, -0.2) is 9.97 Å². The molecule has 1 aliphatic rings. The molecule has 120 valence electrons. The van der Waals surface area contributed by atoms with Crippen LogP contribution in [0, 0.1) is 0 Å². The van der Waals surface area contributed by atoms with E-state index in [0.29, 0.717) is 18.3 Å². The van der Waals surface area contributed by atoms with Crippen LogP contribution in [0.5, 0.6) is 5.75 Å². The first-order chi connectivity index (χ1) is 11.2. The molecule has 23 heavy (non-hydrogen) atoms. The fraction of sp³-hybridized carbons (Fsp3) is 0.353. The molecule has 6 nitrogen and oxygen atoms in total. The standard InChI is InChI=1S/C17H20N4O2/c1-23-14-4-2-3-12(9-14)7-8-18-17(22)15-10-20-16(11-19-15)21-13-5-6-13/h2-4,9-11,13H,5-8H2,1H3,(H,18,22)(H,20,21). The normalized spacial score (nSPS) is 13.4. The minimum atomic E-state index is -0.210. The van der Waals surface area contributed by atoms with Crippen molar-refractivity contribution >= 4 is 11.7 Å². The van der Waals surface area contributed by atoms with Gasteiger partial charge in [0, 0.05) is 12.6 Å². The smallest absolute Gasteiger partial charge is 0.271 e. The minimum Gasteiger partial charge on any atom is -0.497 e. The molecule has 3 rings (SSSR count). The molecule has 2 N–H and O–H groups in total. The summed E-state index contributed by atoms with van der Waals surface area (Å²) in [5.74, 6) is 1.33. The van der Waals surface area contributed by atoms with Crippen LogP contribution in [0.3, 0.4) is 0 Å². The maximum absolute atomic E-state index is 12.0. The Morgan fingerprint density at radius 2 is 2.17 bits per heavy atom. The summed E-state index contributed by atoms with van der Waals surface area (Å²) in [4.78, 5) is 20.4. The maximum atomic E-state index is 12.0. The number of anilines is 1. The van der Waals surface area contributed by atoms with E-state index in [1.54, 1.807) is 13.3 Å². The van der Waals surface area contributed by atoms with E-state index in [0.717, 1.165) is 23.6 Å². The van der Waals surface area contributed by atoms with Crippen LogP contribution in [0.15, 0.2) is 36.7 Å². The summed E-state index contributed by atoms with van der Waals surface area (Å²) in [5.41, 5.74) is 1.44. The Morgan fingerprint density at radius 3 is 2.87 bits per heavy atom. The van der Waals surface area contributed by atoms with Gasteiger partial charge in [-0.15, -0.1) is 0 Å². The average Bonchev–Trinajstić information content (AvgIpc) is 3.39. The van der Waals surface area contributed by atoms with Gasteiger partial charge in [0.1, 0.15) is 17.3 Å². The van der Waals surface area contributed by atoms with Gasteiger partial charge in [-0.1, -0.05) is 12.1 Å². The first kappa shape index (κ1) is 15.3. The Bertz CT molecular complexity index is 669. The lowest BCUT2D eigenvalue weighted by Crippen LogP contribution is -2.26. The quantitative estimate of drug-likeness (QED) is 0.818. The highest BCUT2D eigenvalue weighted by Crippen LogP contribution is 2.23. The third-order valence-corrected chi connectivity index (χ3v) is 3.65. The molecule has 0 aliphatic heterocycles. The van der Waals surface area contributed by atoms with E-state index in [2.05, 4.69) is 20.6 Å². The fourth-order valence-electron chi connectivity index (χ4n) is 2.20. The van der Waals surface area contributed by atoms with Crippen LogP contribution in [0.4, 0.5) is 5.82 Å². The van der Waals surface area contributed by atoms with Crippen LogP contribution in [0.25, 0.3) is 0 Å². The summed E-state index contributed by atoms with van der Waals surface area (Å²) in [5, 5.41) is 6.10. The van der Waals surface area contributed by atoms with E-state index >= 15 is 0 Å². The fourth-order valence-corrected chi connectivity index (χ4v) is 2.20. The Labute approximate surface area is 135 Å². The molecule has 1 saturated carbocycles. The molecule has 0 bridgehead atoms. The highest BCUT2D eigenvalue weighted by molar-refractivity contribution is 5.92. The number of nitrogens with zero attached hydrogens (tertiary/aromatic N) is 2. The zero-order valence-electron chi connectivity index (χ0n) is 13.1. The number of benzene rings is 1. The van der Waals surface area contributed by atoms with Crippen LogP contribution in [-0.4, -0.2) is 35.6 Å². The number of ether oxygens (including phenoxy) is 1. The lowest BCUT2D eigenvalue weighted by atomic mass is 10.1. The molecule has 2 aromatic rings. The molecule has 6 heteroatoms. The van der Waals surface area contributed by atoms with Crippen molar-refractivity contribution in [2.75, 3.05) is 19.0 Å². The second kappa shape index (κ2) is 7.09. The zero-order chi connectivity index (χ0) is 16.1. The van der Waals surface area contributed by atoms with E-state index in [1.807, 2.05) is 24.3 Å². The predicted molar refractivity (Wildman–Crippen MR) is 87.7 cm³/mol. The number of hydrogen-bond acceptors (Lipinski definition) is 5. The monoisotopic (exact) mass is 312 g/mol. The molecule has 0 spiro atoms. The molecule has 0 radical (unpaired) electrons. The number of hydrogen-bond donors (Lipinski definition) is 2. The van der Waals surface area contributed by atoms with Crippen LogP contribution < -0.4 is 15.4 Å². The topological polar surface area (TPSA) is 76.1 Å². The molecule has 0 atom stereocenters. The van der Waals surface area contributed by atoms with E-state index in [9.17, 15) is 4.79 Å². The van der Waals surface area contributed by atoms with Gasteiger partial charge in [0.15, 0.2) is 0 Å². The van der Waals surface area contributed by atoms with Crippen molar-refractivity contribution in [3.8, 4) is 5.75 Å². The van der Waals surface area contributed by atoms with Crippen LogP contribution in [0.2, 0.25) is 0 Å². The Hall–Kier alpha value is -2.63. The first-order valence-electron chi connectivity index (χ1n) is 7.74. The second-order valence-corrected chi connectivity index (χ2v) is 5.56. The molecule has 0 unspecified atom stereocenters. The number of methoxy groups -OCH3 is 1. The van der Waals surface area contributed by atoms with E-state index in [1.165, 1.54) is 19.0 Å². The van der Waals surface area contributed by atoms with Gasteiger partial charge >= 0.3 is 0 Å². The number of amides is 1. The Balaban J connectivity index is 1.48. The average molecular weight is 312 g/mol. The first-order valence-corrected chi connectivity index (χ1v) is 7.74. The maximum Gasteiger partial charge on any atom is 0.271 e. The molecule has 1 fully saturated rings. The lowest BCUT2D eigenvalue weighted by Gasteiger charge is -2.07. The Kier molecular flexibility index (Phi) is 4.71. The van der Waals surface area contributed by atoms with E-state index in [4.69, 9.17) is 4.74 Å². The van der Waals surface area contributed by atoms with Crippen molar-refractivity contribution in [2.45, 2.75) is 25.3 Å². The van der Waals surface area contributed by atoms with Crippen molar-refractivity contribution in [3.63, 3.8) is 0 Å². The molecule has 1 aromatic heterocycles. The minimum absolute atomic E-state index is 0.210. The summed E-state index contributed by atoms with van der Waals surface area (Å²) in [6.07, 6.45) is 6.20. The van der Waals surface area contributed by atoms with Crippen LogP contribution in [-0.2, 0) is 6.42 Å². The van der Waals surface area contributed by atoms with E-state index in [-0.39, 0.29) is 5.91 Å². The van der Waals surface area contributed by atoms with Crippen LogP contribution in [0.1, 0.15) is 28.9 Å². The SMILES string of the molecule is COc1cccc(CCNC(=O)c2cnc(NC3CC3)cn2)c1. The van der Waals surface area contributed by atoms with Gasteiger partial charge in [0.25, 0.3) is 5.91 Å². The molecule has 1 amide bonds. The summed E-state index contributed by atoms with van der Waals surface area (Å²) in [6, 6.07) is 8.32. The summed E-state index contributed by atoms with van der Waals surface area (Å²) in [7, 11) is 1.64. The van der Waals surface area contributed by atoms with Gasteiger partial charge < -0.3 is 15.4 Å². The van der Waals surface area contributed by atoms with Crippen molar-refractivity contribution in [1.29, 1.82) is 0 Å². The number of aromatic nitrogens is 2. The van der Waals surface area contributed by atoms with Gasteiger partial charge in [-0.05, 0) is 37.0 Å². The largest absolute Gasteiger partial charge is 0.497 e. The van der Waals surface area contributed by atoms with Gasteiger partial charge in [0.05, 0.1) is 19.5 Å². The van der Waals surface area contributed by atoms with Gasteiger partial charge in [0.2, 0.25) is 0 Å². The van der Waals surface area contributed by atoms with E-state index < -0.39 is 0 Å². The predicted octanol–water partition coefficient (Wildman–Crippen LogP) is 2.03. The van der Waals surface area contributed by atoms with Gasteiger partial charge in [-0.3, -0.25) is 4.79 Å². The van der Waals surface area contributed by atoms with Crippen molar-refractivity contribution < 1.29 is 9.53 Å². The van der Waals surface area contributed by atoms with Crippen molar-refractivity contribution in [3.05, 3.63) is 47.9 Å². The third kappa shape index (κ3) is 4.42. The number of rotatable bonds is 7. The third-order valence-electron chi connectivity index (χ3n) is 3.65. The summed E-state index contributed by atoms with van der Waals surface area (Å²) in [6.45, 7) is 0.537. The highest BCUT2D eigenvalue weighted by Gasteiger charge is 2.21. The number of carbonyl (C=O) groups is 1. The summed E-state index contributed by atoms with van der Waals surface area (Å²) < 4.78 is 5.18. The zero-order valence-corrected chi connectivity index (χ0v) is 13.1. The molecule has 1 heterocycles. The molecule has 1 aromatic carbocycles. The number of nitrogens with one attached hydrogen (secondary N) is 2. The second-order valence-electron chi connectivity index (χ2n) is 5.56. The highest BCUT2D eigenvalue weighted by atomic mass is 16.5. The van der Waals surface area contributed by atoms with Gasteiger partial charge in [-0.2, -0.15) is 0 Å². The Morgan fingerprint density at radius 1 is 1.30 bits per heavy atom. The molecule has 1 aliphatic carbocycles. The van der Waals surface area contributed by atoms with Crippen molar-refractivity contribution in [2.24, 2.45) is 0 Å². The molecule has 0 saturated heterocycles. The summed E-state index contributed by atoms with van der Waals surface area (Å²) >= 11 is 0. The van der Waals surface area contributed by atoms with Crippen LogP contribution >= 0.6 is 0 Å². The molecular formula is C17H20N4O2. The lowest BCUT2D eigenvalue weighted by molar-refractivity contribution is 0.0949. The molecular weight excluding hydrogens is 292 g/mol. The number of carbonyl (C=O) groups excluding carboxylic acids is 1.